The summed E-state index contributed by atoms with van der Waals surface area (Å²) in [6.45, 7) is 0. The zero-order valence-electron chi connectivity index (χ0n) is 16.9. The lowest BCUT2D eigenvalue weighted by Gasteiger charge is -2.33. The molecule has 1 aromatic heterocycles. The normalized spacial score (nSPS) is 15.5. The van der Waals surface area contributed by atoms with Crippen molar-refractivity contribution in [1.29, 1.82) is 0 Å². The lowest BCUT2D eigenvalue weighted by atomic mass is 9.87. The predicted molar refractivity (Wildman–Crippen MR) is 119 cm³/mol. The van der Waals surface area contributed by atoms with Gasteiger partial charge in [-0.1, -0.05) is 47.6 Å². The molecule has 0 saturated heterocycles. The quantitative estimate of drug-likeness (QED) is 0.557. The summed E-state index contributed by atoms with van der Waals surface area (Å²) in [5.41, 5.74) is 3.33. The first-order valence-corrected chi connectivity index (χ1v) is 11.2. The highest BCUT2D eigenvalue weighted by Crippen LogP contribution is 2.34. The van der Waals surface area contributed by atoms with Crippen LogP contribution in [0.1, 0.15) is 30.0 Å². The van der Waals surface area contributed by atoms with Crippen molar-refractivity contribution in [3.05, 3.63) is 58.6 Å². The van der Waals surface area contributed by atoms with Crippen molar-refractivity contribution in [2.75, 3.05) is 19.9 Å². The van der Waals surface area contributed by atoms with Gasteiger partial charge in [0.05, 0.1) is 24.5 Å². The van der Waals surface area contributed by atoms with E-state index in [1.165, 1.54) is 22.9 Å². The molecule has 1 aliphatic carbocycles. The second-order valence-electron chi connectivity index (χ2n) is 7.21. The summed E-state index contributed by atoms with van der Waals surface area (Å²) < 4.78 is 5.38. The monoisotopic (exact) mass is 442 g/mol. The number of methoxy groups -OCH3 is 1. The first-order chi connectivity index (χ1) is 14.6. The van der Waals surface area contributed by atoms with Crippen LogP contribution >= 0.6 is 23.4 Å². The van der Waals surface area contributed by atoms with Gasteiger partial charge in [0.15, 0.2) is 5.82 Å². The van der Waals surface area contributed by atoms with Gasteiger partial charge in [-0.15, -0.1) is 5.10 Å². The van der Waals surface area contributed by atoms with Crippen LogP contribution in [0.3, 0.4) is 0 Å². The maximum Gasteiger partial charge on any atom is 0.233 e. The van der Waals surface area contributed by atoms with Crippen LogP contribution in [0.15, 0.2) is 47.6 Å². The minimum atomic E-state index is 0.0633. The summed E-state index contributed by atoms with van der Waals surface area (Å²) in [5, 5.41) is 8.24. The van der Waals surface area contributed by atoms with Crippen molar-refractivity contribution in [1.82, 2.24) is 20.1 Å². The Morgan fingerprint density at radius 3 is 3.00 bits per heavy atom. The molecule has 0 fully saturated rings. The molecule has 1 amide bonds. The van der Waals surface area contributed by atoms with Gasteiger partial charge in [-0.2, -0.15) is 0 Å². The maximum atomic E-state index is 12.8. The number of aromatic amines is 1. The second-order valence-corrected chi connectivity index (χ2v) is 8.59. The third-order valence-electron chi connectivity index (χ3n) is 5.40. The minimum Gasteiger partial charge on any atom is -0.496 e. The van der Waals surface area contributed by atoms with E-state index in [0.717, 1.165) is 24.8 Å². The Balaban J connectivity index is 1.43. The van der Waals surface area contributed by atoms with Gasteiger partial charge in [0.1, 0.15) is 5.75 Å². The van der Waals surface area contributed by atoms with E-state index >= 15 is 0 Å². The summed E-state index contributed by atoms with van der Waals surface area (Å²) >= 11 is 7.42. The number of halogens is 1. The van der Waals surface area contributed by atoms with E-state index in [-0.39, 0.29) is 17.7 Å². The molecular formula is C22H23ClN4O2S. The lowest BCUT2D eigenvalue weighted by molar-refractivity contribution is -0.129. The number of thioether (sulfide) groups is 1. The summed E-state index contributed by atoms with van der Waals surface area (Å²) in [4.78, 5) is 19.2. The fourth-order valence-corrected chi connectivity index (χ4v) is 4.72. The molecule has 30 heavy (non-hydrogen) atoms. The number of nitrogens with zero attached hydrogens (tertiary/aromatic N) is 3. The van der Waals surface area contributed by atoms with Gasteiger partial charge < -0.3 is 9.64 Å². The highest BCUT2D eigenvalue weighted by molar-refractivity contribution is 7.99. The average Bonchev–Trinajstić information content (AvgIpc) is 3.25. The van der Waals surface area contributed by atoms with Gasteiger partial charge in [0.2, 0.25) is 11.1 Å². The molecule has 1 atom stereocenters. The van der Waals surface area contributed by atoms with E-state index < -0.39 is 0 Å². The number of nitrogens with one attached hydrogen (secondary N) is 1. The first-order valence-electron chi connectivity index (χ1n) is 9.79. The molecule has 1 aliphatic rings. The fourth-order valence-electron chi connectivity index (χ4n) is 3.83. The number of hydrogen-bond donors (Lipinski definition) is 1. The van der Waals surface area contributed by atoms with Gasteiger partial charge in [0, 0.05) is 12.1 Å². The Labute approximate surface area is 185 Å². The number of benzene rings is 2. The molecule has 1 heterocycles. The summed E-state index contributed by atoms with van der Waals surface area (Å²) in [5.74, 6) is 1.55. The van der Waals surface area contributed by atoms with Crippen molar-refractivity contribution in [3.63, 3.8) is 0 Å². The van der Waals surface area contributed by atoms with Gasteiger partial charge >= 0.3 is 0 Å². The third kappa shape index (κ3) is 4.32. The summed E-state index contributed by atoms with van der Waals surface area (Å²) in [7, 11) is 3.48. The molecule has 0 aliphatic heterocycles. The molecule has 0 saturated carbocycles. The molecule has 1 unspecified atom stereocenters. The van der Waals surface area contributed by atoms with E-state index in [2.05, 4.69) is 33.4 Å². The highest BCUT2D eigenvalue weighted by Gasteiger charge is 2.26. The molecule has 6 nitrogen and oxygen atoms in total. The number of aryl methyl sites for hydroxylation is 1. The zero-order valence-corrected chi connectivity index (χ0v) is 18.5. The average molecular weight is 443 g/mol. The van der Waals surface area contributed by atoms with Crippen LogP contribution in [0.4, 0.5) is 0 Å². The van der Waals surface area contributed by atoms with Crippen LogP contribution in [0.25, 0.3) is 11.4 Å². The van der Waals surface area contributed by atoms with E-state index in [1.54, 1.807) is 25.3 Å². The lowest BCUT2D eigenvalue weighted by Crippen LogP contribution is -2.34. The van der Waals surface area contributed by atoms with Gasteiger partial charge in [-0.3, -0.25) is 9.89 Å². The summed E-state index contributed by atoms with van der Waals surface area (Å²) in [6.07, 6.45) is 3.16. The van der Waals surface area contributed by atoms with Crippen LogP contribution in [0, 0.1) is 0 Å². The molecule has 0 radical (unpaired) electrons. The Morgan fingerprint density at radius 1 is 1.33 bits per heavy atom. The Hall–Kier alpha value is -2.51. The second kappa shape index (κ2) is 9.10. The van der Waals surface area contributed by atoms with Crippen LogP contribution in [0.2, 0.25) is 5.02 Å². The van der Waals surface area contributed by atoms with Crippen molar-refractivity contribution in [2.24, 2.45) is 0 Å². The minimum absolute atomic E-state index is 0.0633. The number of H-pyrrole nitrogens is 1. The molecular weight excluding hydrogens is 420 g/mol. The number of carbonyl (C=O) groups excluding carboxylic acids is 1. The third-order valence-corrected chi connectivity index (χ3v) is 6.47. The number of amides is 1. The number of aromatic nitrogens is 3. The Bertz CT molecular complexity index is 1060. The van der Waals surface area contributed by atoms with Crippen LogP contribution in [-0.4, -0.2) is 45.9 Å². The number of fused-ring (bicyclic) bond motifs is 1. The van der Waals surface area contributed by atoms with E-state index in [4.69, 9.17) is 16.3 Å². The SMILES string of the molecule is COc1ccc(Cl)cc1-c1nc(SCC(=O)N(C)C2CCCc3ccccc32)n[nH]1. The van der Waals surface area contributed by atoms with E-state index in [9.17, 15) is 4.79 Å². The first kappa shape index (κ1) is 20.8. The van der Waals surface area contributed by atoms with Crippen LogP contribution < -0.4 is 4.74 Å². The van der Waals surface area contributed by atoms with E-state index in [0.29, 0.717) is 21.8 Å². The maximum absolute atomic E-state index is 12.8. The smallest absolute Gasteiger partial charge is 0.233 e. The van der Waals surface area contributed by atoms with E-state index in [1.807, 2.05) is 18.0 Å². The van der Waals surface area contributed by atoms with Gasteiger partial charge in [-0.25, -0.2) is 4.98 Å². The highest BCUT2D eigenvalue weighted by atomic mass is 35.5. The predicted octanol–water partition coefficient (Wildman–Crippen LogP) is 4.76. The summed E-state index contributed by atoms with van der Waals surface area (Å²) in [6, 6.07) is 13.8. The zero-order chi connectivity index (χ0) is 21.1. The van der Waals surface area contributed by atoms with Crippen molar-refractivity contribution in [3.8, 4) is 17.1 Å². The molecule has 3 aromatic rings. The molecule has 1 N–H and O–H groups in total. The molecule has 156 valence electrons. The Morgan fingerprint density at radius 2 is 2.17 bits per heavy atom. The number of hydrogen-bond acceptors (Lipinski definition) is 5. The molecule has 4 rings (SSSR count). The molecule has 2 aromatic carbocycles. The Kier molecular flexibility index (Phi) is 6.29. The molecule has 8 heteroatoms. The van der Waals surface area contributed by atoms with Crippen LogP contribution in [-0.2, 0) is 11.2 Å². The largest absolute Gasteiger partial charge is 0.496 e. The van der Waals surface area contributed by atoms with Crippen molar-refractivity contribution >= 4 is 29.3 Å². The van der Waals surface area contributed by atoms with Crippen LogP contribution in [0.5, 0.6) is 5.75 Å². The molecule has 0 spiro atoms. The molecule has 0 bridgehead atoms. The van der Waals surface area contributed by atoms with Crippen molar-refractivity contribution in [2.45, 2.75) is 30.5 Å². The number of ether oxygens (including phenoxy) is 1. The topological polar surface area (TPSA) is 71.1 Å². The number of carbonyl (C=O) groups is 1. The van der Waals surface area contributed by atoms with Crippen molar-refractivity contribution < 1.29 is 9.53 Å². The van der Waals surface area contributed by atoms with Gasteiger partial charge in [-0.05, 0) is 48.6 Å². The standard InChI is InChI=1S/C22H23ClN4O2S/c1-27(18-9-5-7-14-6-3-4-8-16(14)18)20(28)13-30-22-24-21(25-26-22)17-12-15(23)10-11-19(17)29-2/h3-4,6,8,10-12,18H,5,7,9,13H2,1-2H3,(H,24,25,26). The van der Waals surface area contributed by atoms with Gasteiger partial charge in [0.25, 0.3) is 0 Å². The fraction of sp³-hybridized carbons (Fsp3) is 0.318. The number of rotatable bonds is 6.